The van der Waals surface area contributed by atoms with Gasteiger partial charge >= 0.3 is 0 Å². The van der Waals surface area contributed by atoms with Gasteiger partial charge in [-0.15, -0.1) is 11.3 Å². The summed E-state index contributed by atoms with van der Waals surface area (Å²) in [4.78, 5) is 18.8. The molecule has 5 heteroatoms. The molecule has 0 aliphatic heterocycles. The predicted molar refractivity (Wildman–Crippen MR) is 86.4 cm³/mol. The number of aryl methyl sites for hydroxylation is 4. The van der Waals surface area contributed by atoms with E-state index in [9.17, 15) is 4.79 Å². The summed E-state index contributed by atoms with van der Waals surface area (Å²) in [6.07, 6.45) is 3.75. The highest BCUT2D eigenvalue weighted by Crippen LogP contribution is 2.23. The first-order valence-electron chi connectivity index (χ1n) is 6.78. The van der Waals surface area contributed by atoms with Crippen molar-refractivity contribution >= 4 is 27.9 Å². The number of rotatable bonds is 2. The lowest BCUT2D eigenvalue weighted by atomic mass is 10.1. The Bertz CT molecular complexity index is 790. The summed E-state index contributed by atoms with van der Waals surface area (Å²) in [5.74, 6) is -0.168. The number of thiazole rings is 1. The van der Waals surface area contributed by atoms with E-state index in [1.54, 1.807) is 17.5 Å². The van der Waals surface area contributed by atoms with Gasteiger partial charge in [-0.3, -0.25) is 9.20 Å². The molecule has 1 aromatic carbocycles. The average Bonchev–Trinajstić information content (AvgIpc) is 2.90. The Hall–Kier alpha value is -2.14. The molecule has 0 saturated heterocycles. The normalized spacial score (nSPS) is 11.0. The number of benzene rings is 1. The zero-order valence-corrected chi connectivity index (χ0v) is 13.3. The molecule has 0 atom stereocenters. The monoisotopic (exact) mass is 299 g/mol. The van der Waals surface area contributed by atoms with E-state index < -0.39 is 0 Å². The molecule has 3 aromatic rings. The fraction of sp³-hybridized carbons (Fsp3) is 0.250. The number of carbonyl (C=O) groups excluding carboxylic acids is 1. The summed E-state index contributed by atoms with van der Waals surface area (Å²) in [6.45, 7) is 8.09. The third-order valence-corrected chi connectivity index (χ3v) is 4.33. The Morgan fingerprint density at radius 3 is 2.43 bits per heavy atom. The largest absolute Gasteiger partial charge is 0.320 e. The van der Waals surface area contributed by atoms with Gasteiger partial charge in [0.05, 0.1) is 0 Å². The van der Waals surface area contributed by atoms with Crippen molar-refractivity contribution in [3.63, 3.8) is 0 Å². The number of carbonyl (C=O) groups is 1. The fourth-order valence-electron chi connectivity index (χ4n) is 2.57. The molecule has 0 aliphatic carbocycles. The maximum absolute atomic E-state index is 12.4. The smallest absolute Gasteiger partial charge is 0.275 e. The van der Waals surface area contributed by atoms with Crippen LogP contribution in [-0.4, -0.2) is 15.3 Å². The molecule has 2 aromatic heterocycles. The Kier molecular flexibility index (Phi) is 3.29. The summed E-state index contributed by atoms with van der Waals surface area (Å²) in [5.41, 5.74) is 4.65. The quantitative estimate of drug-likeness (QED) is 0.780. The van der Waals surface area contributed by atoms with Crippen LogP contribution in [0.1, 0.15) is 32.1 Å². The van der Waals surface area contributed by atoms with Crippen LogP contribution in [0.3, 0.4) is 0 Å². The van der Waals surface area contributed by atoms with Crippen LogP contribution in [0.15, 0.2) is 24.5 Å². The van der Waals surface area contributed by atoms with Crippen LogP contribution in [0.25, 0.3) is 4.96 Å². The van der Waals surface area contributed by atoms with Crippen molar-refractivity contribution in [1.82, 2.24) is 9.38 Å². The van der Waals surface area contributed by atoms with Gasteiger partial charge < -0.3 is 5.32 Å². The van der Waals surface area contributed by atoms with E-state index in [-0.39, 0.29) is 5.91 Å². The Morgan fingerprint density at radius 2 is 1.81 bits per heavy atom. The number of hydrogen-bond acceptors (Lipinski definition) is 3. The van der Waals surface area contributed by atoms with E-state index in [1.807, 2.05) is 31.4 Å². The van der Waals surface area contributed by atoms with Crippen molar-refractivity contribution in [3.05, 3.63) is 51.8 Å². The number of hydrogen-bond donors (Lipinski definition) is 1. The van der Waals surface area contributed by atoms with Crippen LogP contribution in [0, 0.1) is 27.7 Å². The first-order valence-corrected chi connectivity index (χ1v) is 7.60. The van der Waals surface area contributed by atoms with E-state index in [0.717, 1.165) is 21.8 Å². The number of imidazole rings is 1. The van der Waals surface area contributed by atoms with Crippen molar-refractivity contribution < 1.29 is 4.79 Å². The minimum Gasteiger partial charge on any atom is -0.320 e. The highest BCUT2D eigenvalue weighted by atomic mass is 32.1. The first-order chi connectivity index (χ1) is 9.94. The maximum Gasteiger partial charge on any atom is 0.275 e. The molecule has 0 saturated carbocycles. The van der Waals surface area contributed by atoms with Gasteiger partial charge in [0.15, 0.2) is 4.96 Å². The number of fused-ring (bicyclic) bond motifs is 1. The molecule has 0 radical (unpaired) electrons. The Morgan fingerprint density at radius 1 is 1.14 bits per heavy atom. The summed E-state index contributed by atoms with van der Waals surface area (Å²) >= 11 is 1.58. The lowest BCUT2D eigenvalue weighted by molar-refractivity contribution is 0.102. The average molecular weight is 299 g/mol. The fourth-order valence-corrected chi connectivity index (χ4v) is 3.38. The van der Waals surface area contributed by atoms with Crippen LogP contribution in [0.4, 0.5) is 5.69 Å². The van der Waals surface area contributed by atoms with Crippen LogP contribution in [-0.2, 0) is 0 Å². The van der Waals surface area contributed by atoms with Crippen LogP contribution in [0.5, 0.6) is 0 Å². The molecule has 0 aliphatic rings. The number of aromatic nitrogens is 2. The third-order valence-electron chi connectivity index (χ3n) is 3.42. The topological polar surface area (TPSA) is 46.4 Å². The van der Waals surface area contributed by atoms with E-state index in [2.05, 4.69) is 29.4 Å². The minimum atomic E-state index is -0.168. The molecule has 0 unspecified atom stereocenters. The number of anilines is 1. The number of amides is 1. The van der Waals surface area contributed by atoms with Crippen LogP contribution >= 0.6 is 11.3 Å². The second kappa shape index (κ2) is 5.00. The molecule has 1 amide bonds. The van der Waals surface area contributed by atoms with Gasteiger partial charge in [0.25, 0.3) is 5.91 Å². The molecular formula is C16H17N3OS. The second-order valence-corrected chi connectivity index (χ2v) is 6.60. The maximum atomic E-state index is 12.4. The molecule has 3 rings (SSSR count). The molecular weight excluding hydrogens is 282 g/mol. The van der Waals surface area contributed by atoms with Gasteiger partial charge in [0.2, 0.25) is 0 Å². The van der Waals surface area contributed by atoms with Crippen molar-refractivity contribution in [2.45, 2.75) is 27.7 Å². The summed E-state index contributed by atoms with van der Waals surface area (Å²) < 4.78 is 1.89. The van der Waals surface area contributed by atoms with Gasteiger partial charge in [-0.1, -0.05) is 17.7 Å². The standard InChI is InChI=1S/C16H17N3OS/c1-9-5-10(2)14(11(3)6-9)18-15(20)13-8-19-7-12(4)21-16(19)17-13/h5-8H,1-4H3,(H,18,20). The summed E-state index contributed by atoms with van der Waals surface area (Å²) in [6, 6.07) is 4.13. The molecule has 2 heterocycles. The lowest BCUT2D eigenvalue weighted by Crippen LogP contribution is -2.14. The van der Waals surface area contributed by atoms with Gasteiger partial charge in [-0.05, 0) is 38.8 Å². The summed E-state index contributed by atoms with van der Waals surface area (Å²) in [7, 11) is 0. The van der Waals surface area contributed by atoms with Crippen molar-refractivity contribution in [1.29, 1.82) is 0 Å². The predicted octanol–water partition coefficient (Wildman–Crippen LogP) is 3.88. The van der Waals surface area contributed by atoms with Crippen LogP contribution in [0.2, 0.25) is 0 Å². The van der Waals surface area contributed by atoms with Gasteiger partial charge in [0.1, 0.15) is 5.69 Å². The van der Waals surface area contributed by atoms with Gasteiger partial charge in [-0.25, -0.2) is 4.98 Å². The molecule has 108 valence electrons. The third kappa shape index (κ3) is 2.56. The SMILES string of the molecule is Cc1cc(C)c(NC(=O)c2cn3cc(C)sc3n2)c(C)c1. The zero-order valence-electron chi connectivity index (χ0n) is 12.5. The number of nitrogens with zero attached hydrogens (tertiary/aromatic N) is 2. The van der Waals surface area contributed by atoms with Crippen molar-refractivity contribution in [2.75, 3.05) is 5.32 Å². The Balaban J connectivity index is 1.90. The zero-order chi connectivity index (χ0) is 15.1. The van der Waals surface area contributed by atoms with E-state index in [0.29, 0.717) is 5.69 Å². The Labute approximate surface area is 127 Å². The minimum absolute atomic E-state index is 0.168. The molecule has 21 heavy (non-hydrogen) atoms. The molecule has 0 fully saturated rings. The van der Waals surface area contributed by atoms with Crippen molar-refractivity contribution in [2.24, 2.45) is 0 Å². The first kappa shape index (κ1) is 13.8. The highest BCUT2D eigenvalue weighted by Gasteiger charge is 2.14. The molecule has 0 bridgehead atoms. The van der Waals surface area contributed by atoms with Crippen LogP contribution < -0.4 is 5.32 Å². The molecule has 4 nitrogen and oxygen atoms in total. The van der Waals surface area contributed by atoms with Gasteiger partial charge in [-0.2, -0.15) is 0 Å². The second-order valence-electron chi connectivity index (χ2n) is 5.39. The summed E-state index contributed by atoms with van der Waals surface area (Å²) in [5, 5.41) is 2.98. The van der Waals surface area contributed by atoms with Gasteiger partial charge in [0, 0.05) is 23.0 Å². The number of nitrogens with one attached hydrogen (secondary N) is 1. The van der Waals surface area contributed by atoms with E-state index in [1.165, 1.54) is 10.4 Å². The van der Waals surface area contributed by atoms with E-state index in [4.69, 9.17) is 0 Å². The van der Waals surface area contributed by atoms with E-state index >= 15 is 0 Å². The lowest BCUT2D eigenvalue weighted by Gasteiger charge is -2.11. The van der Waals surface area contributed by atoms with Crippen molar-refractivity contribution in [3.8, 4) is 0 Å². The molecule has 0 spiro atoms. The highest BCUT2D eigenvalue weighted by molar-refractivity contribution is 7.17. The molecule has 1 N–H and O–H groups in total.